The van der Waals surface area contributed by atoms with E-state index in [1.165, 1.54) is 31.2 Å². The molecule has 1 aliphatic heterocycles. The Morgan fingerprint density at radius 3 is 2.39 bits per heavy atom. The molecule has 1 saturated carbocycles. The molecule has 1 aromatic carbocycles. The zero-order chi connectivity index (χ0) is 20.5. The maximum absolute atomic E-state index is 13.2. The quantitative estimate of drug-likeness (QED) is 0.621. The van der Waals surface area contributed by atoms with Crippen LogP contribution in [0.5, 0.6) is 0 Å². The van der Waals surface area contributed by atoms with Crippen LogP contribution in [0.3, 0.4) is 0 Å². The first-order valence-corrected chi connectivity index (χ1v) is 9.15. The number of amides is 5. The van der Waals surface area contributed by atoms with Gasteiger partial charge in [-0.25, -0.2) is 9.18 Å². The molecule has 1 heterocycles. The highest BCUT2D eigenvalue weighted by Crippen LogP contribution is 2.37. The van der Waals surface area contributed by atoms with Gasteiger partial charge in [0.05, 0.1) is 5.41 Å². The van der Waals surface area contributed by atoms with E-state index in [1.54, 1.807) is 0 Å². The van der Waals surface area contributed by atoms with Crippen molar-refractivity contribution in [2.45, 2.75) is 38.1 Å². The Labute approximate surface area is 161 Å². The van der Waals surface area contributed by atoms with E-state index in [0.29, 0.717) is 18.4 Å². The maximum atomic E-state index is 13.2. The second-order valence-electron chi connectivity index (χ2n) is 7.58. The molecule has 4 N–H and O–H groups in total. The Morgan fingerprint density at radius 2 is 1.82 bits per heavy atom. The molecule has 1 aliphatic carbocycles. The zero-order valence-corrected chi connectivity index (χ0v) is 15.6. The van der Waals surface area contributed by atoms with Crippen LogP contribution in [-0.2, 0) is 19.9 Å². The minimum atomic E-state index is -1.38. The van der Waals surface area contributed by atoms with Crippen LogP contribution in [0.2, 0.25) is 0 Å². The van der Waals surface area contributed by atoms with Gasteiger partial charge >= 0.3 is 6.03 Å². The summed E-state index contributed by atoms with van der Waals surface area (Å²) in [5.41, 5.74) is 3.75. The van der Waals surface area contributed by atoms with Crippen LogP contribution in [0.15, 0.2) is 24.3 Å². The van der Waals surface area contributed by atoms with Gasteiger partial charge in [-0.15, -0.1) is 0 Å². The number of carbonyl (C=O) groups is 4. The molecule has 1 aromatic rings. The molecule has 3 rings (SSSR count). The first-order valence-electron chi connectivity index (χ1n) is 9.15. The van der Waals surface area contributed by atoms with Gasteiger partial charge in [-0.05, 0) is 37.5 Å². The summed E-state index contributed by atoms with van der Waals surface area (Å²) in [6.45, 7) is 1.11. The molecule has 0 radical (unpaired) electrons. The molecular weight excluding hydrogens is 367 g/mol. The minimum absolute atomic E-state index is 0.0834. The number of carbonyl (C=O) groups excluding carboxylic acids is 4. The van der Waals surface area contributed by atoms with Gasteiger partial charge < -0.3 is 16.4 Å². The van der Waals surface area contributed by atoms with Crippen LogP contribution in [0.25, 0.3) is 0 Å². The highest BCUT2D eigenvalue weighted by Gasteiger charge is 2.49. The molecule has 0 spiro atoms. The first-order chi connectivity index (χ1) is 13.2. The van der Waals surface area contributed by atoms with Gasteiger partial charge in [-0.1, -0.05) is 25.0 Å². The van der Waals surface area contributed by atoms with Gasteiger partial charge in [0.1, 0.15) is 17.9 Å². The molecule has 5 amide bonds. The summed E-state index contributed by atoms with van der Waals surface area (Å²) in [4.78, 5) is 50.0. The smallest absolute Gasteiger partial charge is 0.325 e. The van der Waals surface area contributed by atoms with Crippen LogP contribution in [0, 0.1) is 11.2 Å². The Kier molecular flexibility index (Phi) is 5.10. The Balaban J connectivity index is 1.66. The molecule has 1 unspecified atom stereocenters. The first kappa shape index (κ1) is 19.8. The van der Waals surface area contributed by atoms with Gasteiger partial charge in [0.2, 0.25) is 11.8 Å². The monoisotopic (exact) mass is 390 g/mol. The van der Waals surface area contributed by atoms with Gasteiger partial charge in [-0.2, -0.15) is 0 Å². The van der Waals surface area contributed by atoms with Crippen molar-refractivity contribution in [3.8, 4) is 0 Å². The summed E-state index contributed by atoms with van der Waals surface area (Å²) in [6, 6.07) is 4.50. The fraction of sp³-hybridized carbons (Fsp3) is 0.474. The van der Waals surface area contributed by atoms with Crippen molar-refractivity contribution in [1.82, 2.24) is 15.5 Å². The number of hydrogen-bond acceptors (Lipinski definition) is 4. The van der Waals surface area contributed by atoms with Crippen LogP contribution in [0.4, 0.5) is 9.18 Å². The number of primary amides is 1. The molecule has 8 nitrogen and oxygen atoms in total. The molecule has 1 saturated heterocycles. The molecule has 28 heavy (non-hydrogen) atoms. The topological polar surface area (TPSA) is 122 Å². The Hall–Kier alpha value is -2.97. The summed E-state index contributed by atoms with van der Waals surface area (Å²) in [7, 11) is 0. The number of nitrogens with zero attached hydrogens (tertiary/aromatic N) is 1. The summed E-state index contributed by atoms with van der Waals surface area (Å²) >= 11 is 0. The molecule has 0 aromatic heterocycles. The Morgan fingerprint density at radius 1 is 1.21 bits per heavy atom. The van der Waals surface area contributed by atoms with Crippen molar-refractivity contribution >= 4 is 23.8 Å². The highest BCUT2D eigenvalue weighted by molar-refractivity contribution is 6.09. The predicted octanol–water partition coefficient (Wildman–Crippen LogP) is 0.755. The third kappa shape index (κ3) is 3.44. The molecule has 1 atom stereocenters. The number of nitrogens with two attached hydrogens (primary N) is 1. The number of urea groups is 1. The van der Waals surface area contributed by atoms with Crippen molar-refractivity contribution in [1.29, 1.82) is 0 Å². The van der Waals surface area contributed by atoms with E-state index in [0.717, 1.165) is 17.7 Å². The third-order valence-electron chi connectivity index (χ3n) is 5.71. The normalized spacial score (nSPS) is 23.6. The van der Waals surface area contributed by atoms with Crippen LogP contribution < -0.4 is 16.4 Å². The molecule has 2 aliphatic rings. The lowest BCUT2D eigenvalue weighted by Gasteiger charge is -2.26. The fourth-order valence-corrected chi connectivity index (χ4v) is 3.85. The second kappa shape index (κ2) is 7.21. The maximum Gasteiger partial charge on any atom is 0.325 e. The summed E-state index contributed by atoms with van der Waals surface area (Å²) in [5.74, 6) is -2.08. The van der Waals surface area contributed by atoms with Gasteiger partial charge in [-0.3, -0.25) is 19.3 Å². The van der Waals surface area contributed by atoms with Crippen LogP contribution in [0.1, 0.15) is 38.2 Å². The van der Waals surface area contributed by atoms with Gasteiger partial charge in [0, 0.05) is 6.54 Å². The lowest BCUT2D eigenvalue weighted by atomic mass is 9.85. The fourth-order valence-electron chi connectivity index (χ4n) is 3.85. The van der Waals surface area contributed by atoms with E-state index in [2.05, 4.69) is 10.6 Å². The van der Waals surface area contributed by atoms with E-state index in [-0.39, 0.29) is 6.54 Å². The highest BCUT2D eigenvalue weighted by atomic mass is 19.1. The lowest BCUT2D eigenvalue weighted by Crippen LogP contribution is -2.48. The molecular formula is C19H23FN4O4. The number of halogens is 1. The van der Waals surface area contributed by atoms with E-state index in [9.17, 15) is 23.6 Å². The molecule has 150 valence electrons. The third-order valence-corrected chi connectivity index (χ3v) is 5.71. The largest absolute Gasteiger partial charge is 0.369 e. The van der Waals surface area contributed by atoms with E-state index >= 15 is 0 Å². The van der Waals surface area contributed by atoms with Crippen molar-refractivity contribution in [2.24, 2.45) is 11.1 Å². The van der Waals surface area contributed by atoms with E-state index < -0.39 is 47.1 Å². The summed E-state index contributed by atoms with van der Waals surface area (Å²) in [6.07, 6.45) is 2.94. The number of benzene rings is 1. The number of rotatable bonds is 6. The standard InChI is InChI=1S/C19H23FN4O4/c1-18(12-4-6-13(20)7-5-12)16(27)24(17(28)23-18)10-14(25)22-11-19(15(21)26)8-2-3-9-19/h4-7H,2-3,8-11H2,1H3,(H2,21,26)(H,22,25)(H,23,28). The van der Waals surface area contributed by atoms with Crippen LogP contribution >= 0.6 is 0 Å². The van der Waals surface area contributed by atoms with Crippen molar-refractivity contribution in [2.75, 3.05) is 13.1 Å². The average molecular weight is 390 g/mol. The molecule has 0 bridgehead atoms. The zero-order valence-electron chi connectivity index (χ0n) is 15.6. The summed E-state index contributed by atoms with van der Waals surface area (Å²) < 4.78 is 13.2. The van der Waals surface area contributed by atoms with Gasteiger partial charge in [0.15, 0.2) is 0 Å². The van der Waals surface area contributed by atoms with E-state index in [4.69, 9.17) is 5.73 Å². The van der Waals surface area contributed by atoms with Crippen LogP contribution in [-0.4, -0.2) is 41.7 Å². The minimum Gasteiger partial charge on any atom is -0.369 e. The Bertz CT molecular complexity index is 820. The lowest BCUT2D eigenvalue weighted by molar-refractivity contribution is -0.135. The summed E-state index contributed by atoms with van der Waals surface area (Å²) in [5, 5.41) is 5.18. The number of hydrogen-bond donors (Lipinski definition) is 3. The van der Waals surface area contributed by atoms with Crippen molar-refractivity contribution in [3.63, 3.8) is 0 Å². The average Bonchev–Trinajstić information content (AvgIpc) is 3.21. The second-order valence-corrected chi connectivity index (χ2v) is 7.58. The SMILES string of the molecule is CC1(c2ccc(F)cc2)NC(=O)N(CC(=O)NCC2(C(N)=O)CCCC2)C1=O. The number of nitrogens with one attached hydrogen (secondary N) is 2. The molecule has 9 heteroatoms. The van der Waals surface area contributed by atoms with Crippen molar-refractivity contribution in [3.05, 3.63) is 35.6 Å². The van der Waals surface area contributed by atoms with E-state index in [1.807, 2.05) is 0 Å². The molecule has 2 fully saturated rings. The number of imide groups is 1. The predicted molar refractivity (Wildman–Crippen MR) is 97.1 cm³/mol. The van der Waals surface area contributed by atoms with Crippen molar-refractivity contribution < 1.29 is 23.6 Å². The van der Waals surface area contributed by atoms with Gasteiger partial charge in [0.25, 0.3) is 5.91 Å².